The van der Waals surface area contributed by atoms with Crippen molar-refractivity contribution >= 4 is 0 Å². The number of rotatable bonds is 4. The molecule has 2 aromatic heterocycles. The Morgan fingerprint density at radius 1 is 0.643 bits per heavy atom. The molecule has 4 N–H and O–H groups in total. The van der Waals surface area contributed by atoms with E-state index in [1.807, 2.05) is 30.6 Å². The van der Waals surface area contributed by atoms with Gasteiger partial charge in [-0.15, -0.1) is 0 Å². The van der Waals surface area contributed by atoms with E-state index in [9.17, 15) is 0 Å². The Kier molecular flexibility index (Phi) is 6.93. The van der Waals surface area contributed by atoms with Crippen LogP contribution < -0.4 is 11.5 Å². The summed E-state index contributed by atoms with van der Waals surface area (Å²) < 4.78 is 0. The fourth-order valence-electron chi connectivity index (χ4n) is 2.68. The van der Waals surface area contributed by atoms with E-state index in [0.717, 1.165) is 33.4 Å². The Balaban J connectivity index is 1.90. The number of nitrogens with two attached hydrogens (primary N) is 2. The van der Waals surface area contributed by atoms with Crippen LogP contribution in [0.2, 0.25) is 0 Å². The second-order valence-corrected chi connectivity index (χ2v) is 6.19. The number of nitrogens with zero attached hydrogens (tertiary/aromatic N) is 2. The number of hydrogen-bond donors (Lipinski definition) is 2. The maximum Gasteiger partial charge on any atom is 0.0434 e. The highest BCUT2D eigenvalue weighted by molar-refractivity contribution is 5.73. The van der Waals surface area contributed by atoms with Gasteiger partial charge in [-0.2, -0.15) is 0 Å². The van der Waals surface area contributed by atoms with Crippen molar-refractivity contribution in [1.29, 1.82) is 0 Å². The molecular weight excluding hydrogens is 344 g/mol. The lowest BCUT2D eigenvalue weighted by atomic mass is 9.99. The maximum atomic E-state index is 5.49. The molecule has 0 unspecified atom stereocenters. The largest absolute Gasteiger partial charge is 0.330 e. The summed E-state index contributed by atoms with van der Waals surface area (Å²) in [4.78, 5) is 8.65. The SMILES string of the molecule is NCCC#Cc1cncc(-c2cccc(-c3cncc(C#CCCN)c3)c2)c1. The van der Waals surface area contributed by atoms with E-state index in [0.29, 0.717) is 25.9 Å². The second kappa shape index (κ2) is 10.0. The summed E-state index contributed by atoms with van der Waals surface area (Å²) in [5.41, 5.74) is 16.9. The van der Waals surface area contributed by atoms with Gasteiger partial charge in [0.2, 0.25) is 0 Å². The Morgan fingerprint density at radius 3 is 1.61 bits per heavy atom. The first-order chi connectivity index (χ1) is 13.8. The van der Waals surface area contributed by atoms with Crippen LogP contribution in [-0.2, 0) is 0 Å². The molecule has 0 aliphatic carbocycles. The molecule has 2 heterocycles. The molecule has 0 saturated heterocycles. The zero-order valence-corrected chi connectivity index (χ0v) is 15.7. The van der Waals surface area contributed by atoms with Gasteiger partial charge in [-0.1, -0.05) is 41.9 Å². The van der Waals surface area contributed by atoms with Gasteiger partial charge in [0.05, 0.1) is 0 Å². The van der Waals surface area contributed by atoms with Crippen LogP contribution in [0.4, 0.5) is 0 Å². The zero-order chi connectivity index (χ0) is 19.6. The van der Waals surface area contributed by atoms with Gasteiger partial charge in [-0.3, -0.25) is 9.97 Å². The Morgan fingerprint density at radius 2 is 1.14 bits per heavy atom. The first-order valence-corrected chi connectivity index (χ1v) is 9.19. The molecule has 0 bridgehead atoms. The fraction of sp³-hybridized carbons (Fsp3) is 0.167. The van der Waals surface area contributed by atoms with Crippen molar-refractivity contribution in [2.45, 2.75) is 12.8 Å². The van der Waals surface area contributed by atoms with E-state index >= 15 is 0 Å². The average Bonchev–Trinajstić information content (AvgIpc) is 2.75. The number of pyridine rings is 2. The van der Waals surface area contributed by atoms with Gasteiger partial charge in [-0.05, 0) is 29.3 Å². The third-order valence-corrected chi connectivity index (χ3v) is 4.01. The van der Waals surface area contributed by atoms with Crippen molar-refractivity contribution in [2.24, 2.45) is 11.5 Å². The molecule has 4 nitrogen and oxygen atoms in total. The number of hydrogen-bond acceptors (Lipinski definition) is 4. The molecule has 0 radical (unpaired) electrons. The summed E-state index contributed by atoms with van der Waals surface area (Å²) in [6.45, 7) is 1.12. The van der Waals surface area contributed by atoms with Crippen molar-refractivity contribution < 1.29 is 0 Å². The van der Waals surface area contributed by atoms with E-state index in [1.165, 1.54) is 0 Å². The third kappa shape index (κ3) is 5.28. The van der Waals surface area contributed by atoms with Gasteiger partial charge < -0.3 is 11.5 Å². The van der Waals surface area contributed by atoms with E-state index < -0.39 is 0 Å². The van der Waals surface area contributed by atoms with Crippen molar-refractivity contribution in [3.05, 3.63) is 72.3 Å². The minimum atomic E-state index is 0.561. The summed E-state index contributed by atoms with van der Waals surface area (Å²) in [6, 6.07) is 12.4. The summed E-state index contributed by atoms with van der Waals surface area (Å²) in [5, 5.41) is 0. The topological polar surface area (TPSA) is 77.8 Å². The molecule has 0 aliphatic rings. The monoisotopic (exact) mass is 366 g/mol. The highest BCUT2D eigenvalue weighted by Crippen LogP contribution is 2.26. The Hall–Kier alpha value is -3.44. The lowest BCUT2D eigenvalue weighted by Crippen LogP contribution is -1.95. The van der Waals surface area contributed by atoms with Crippen LogP contribution in [0.3, 0.4) is 0 Å². The first kappa shape index (κ1) is 19.3. The van der Waals surface area contributed by atoms with Crippen molar-refractivity contribution in [2.75, 3.05) is 13.1 Å². The van der Waals surface area contributed by atoms with E-state index in [-0.39, 0.29) is 0 Å². The van der Waals surface area contributed by atoms with E-state index in [4.69, 9.17) is 11.5 Å². The normalized spacial score (nSPS) is 9.79. The lowest BCUT2D eigenvalue weighted by Gasteiger charge is -2.06. The number of benzene rings is 1. The molecule has 138 valence electrons. The Labute approximate surface area is 166 Å². The molecular formula is C24H22N4. The molecule has 3 aromatic rings. The van der Waals surface area contributed by atoms with Gasteiger partial charge in [-0.25, -0.2) is 0 Å². The fourth-order valence-corrected chi connectivity index (χ4v) is 2.68. The Bertz CT molecular complexity index is 982. The van der Waals surface area contributed by atoms with Crippen LogP contribution in [0.5, 0.6) is 0 Å². The van der Waals surface area contributed by atoms with Crippen LogP contribution in [0.15, 0.2) is 61.2 Å². The smallest absolute Gasteiger partial charge is 0.0434 e. The second-order valence-electron chi connectivity index (χ2n) is 6.19. The van der Waals surface area contributed by atoms with Crippen LogP contribution >= 0.6 is 0 Å². The molecule has 0 amide bonds. The predicted molar refractivity (Wildman–Crippen MR) is 114 cm³/mol. The van der Waals surface area contributed by atoms with Gasteiger partial charge in [0, 0.05) is 73.0 Å². The average molecular weight is 366 g/mol. The van der Waals surface area contributed by atoms with Crippen molar-refractivity contribution in [3.8, 4) is 45.9 Å². The predicted octanol–water partition coefficient (Wildman–Crippen LogP) is 3.21. The maximum absolute atomic E-state index is 5.49. The standard InChI is InChI=1S/C24H22N4/c25-10-3-1-6-19-12-23(17-27-15-19)21-8-5-9-22(14-21)24-13-20(16-28-18-24)7-2-4-11-26/h5,8-9,12-18H,3-4,10-11,25-26H2. The van der Waals surface area contributed by atoms with E-state index in [1.54, 1.807) is 12.4 Å². The molecule has 28 heavy (non-hydrogen) atoms. The first-order valence-electron chi connectivity index (χ1n) is 9.19. The van der Waals surface area contributed by atoms with Gasteiger partial charge in [0.1, 0.15) is 0 Å². The van der Waals surface area contributed by atoms with Gasteiger partial charge in [0.25, 0.3) is 0 Å². The molecule has 1 aromatic carbocycles. The molecule has 0 saturated carbocycles. The van der Waals surface area contributed by atoms with Crippen LogP contribution in [0, 0.1) is 23.7 Å². The minimum Gasteiger partial charge on any atom is -0.330 e. The van der Waals surface area contributed by atoms with Crippen molar-refractivity contribution in [1.82, 2.24) is 9.97 Å². The van der Waals surface area contributed by atoms with E-state index in [2.05, 4.69) is 51.8 Å². The van der Waals surface area contributed by atoms with Crippen LogP contribution in [-0.4, -0.2) is 23.1 Å². The van der Waals surface area contributed by atoms with Gasteiger partial charge >= 0.3 is 0 Å². The minimum absolute atomic E-state index is 0.561. The summed E-state index contributed by atoms with van der Waals surface area (Å²) >= 11 is 0. The van der Waals surface area contributed by atoms with Crippen LogP contribution in [0.1, 0.15) is 24.0 Å². The summed E-state index contributed by atoms with van der Waals surface area (Å²) in [7, 11) is 0. The zero-order valence-electron chi connectivity index (χ0n) is 15.7. The summed E-state index contributed by atoms with van der Waals surface area (Å²) in [6.07, 6.45) is 8.59. The molecule has 0 atom stereocenters. The van der Waals surface area contributed by atoms with Crippen molar-refractivity contribution in [3.63, 3.8) is 0 Å². The quantitative estimate of drug-likeness (QED) is 0.695. The highest BCUT2D eigenvalue weighted by atomic mass is 14.6. The highest BCUT2D eigenvalue weighted by Gasteiger charge is 2.04. The lowest BCUT2D eigenvalue weighted by molar-refractivity contribution is 1.03. The third-order valence-electron chi connectivity index (χ3n) is 4.01. The molecule has 0 spiro atoms. The molecule has 3 rings (SSSR count). The summed E-state index contributed by atoms with van der Waals surface area (Å²) in [5.74, 6) is 12.3. The van der Waals surface area contributed by atoms with Gasteiger partial charge in [0.15, 0.2) is 0 Å². The molecule has 4 heteroatoms. The number of aromatic nitrogens is 2. The molecule has 0 fully saturated rings. The van der Waals surface area contributed by atoms with Crippen LogP contribution in [0.25, 0.3) is 22.3 Å². The molecule has 0 aliphatic heterocycles.